The van der Waals surface area contributed by atoms with Gasteiger partial charge in [0.05, 0.1) is 41.0 Å². The molecule has 1 saturated heterocycles. The van der Waals surface area contributed by atoms with Crippen LogP contribution in [0.3, 0.4) is 0 Å². The third-order valence-electron chi connectivity index (χ3n) is 7.18. The molecule has 1 aliphatic rings. The lowest BCUT2D eigenvalue weighted by atomic mass is 10.0. The van der Waals surface area contributed by atoms with Crippen LogP contribution >= 0.6 is 0 Å². The number of benzene rings is 1. The molecule has 1 fully saturated rings. The van der Waals surface area contributed by atoms with E-state index >= 15 is 0 Å². The van der Waals surface area contributed by atoms with E-state index in [1.807, 2.05) is 6.07 Å². The maximum Gasteiger partial charge on any atom is 0.267 e. The molecule has 1 atom stereocenters. The molecule has 6 rings (SSSR count). The Morgan fingerprint density at radius 3 is 2.64 bits per heavy atom. The number of likely N-dealkylation sites (N-methyl/N-ethyl adjacent to an activating group) is 1. The van der Waals surface area contributed by atoms with Gasteiger partial charge in [-0.15, -0.1) is 5.10 Å². The molecule has 1 aromatic carbocycles. The zero-order valence-electron chi connectivity index (χ0n) is 22.8. The predicted molar refractivity (Wildman–Crippen MR) is 147 cm³/mol. The number of aryl methyl sites for hydroxylation is 1. The number of rotatable bonds is 7. The van der Waals surface area contributed by atoms with Crippen LogP contribution in [0.2, 0.25) is 0 Å². The van der Waals surface area contributed by atoms with Crippen molar-refractivity contribution in [2.24, 2.45) is 0 Å². The topological polar surface area (TPSA) is 140 Å². The fourth-order valence-corrected chi connectivity index (χ4v) is 4.98. The van der Waals surface area contributed by atoms with Crippen LogP contribution in [-0.2, 0) is 4.79 Å². The Kier molecular flexibility index (Phi) is 6.69. The highest BCUT2D eigenvalue weighted by molar-refractivity contribution is 5.86. The van der Waals surface area contributed by atoms with Gasteiger partial charge in [-0.3, -0.25) is 9.36 Å². The normalized spacial score (nSPS) is 15.0. The Morgan fingerprint density at radius 1 is 1.17 bits per heavy atom. The highest BCUT2D eigenvalue weighted by Gasteiger charge is 2.31. The minimum atomic E-state index is -2.80. The fraction of sp³-hybridized carbons (Fsp3) is 0.250. The number of hydrogen-bond donors (Lipinski definition) is 1. The van der Waals surface area contributed by atoms with E-state index < -0.39 is 6.43 Å². The average molecular weight is 571 g/mol. The van der Waals surface area contributed by atoms with Crippen molar-refractivity contribution in [3.8, 4) is 23.5 Å². The van der Waals surface area contributed by atoms with Crippen molar-refractivity contribution in [3.05, 3.63) is 71.4 Å². The zero-order chi connectivity index (χ0) is 29.5. The zero-order valence-corrected chi connectivity index (χ0v) is 22.8. The smallest absolute Gasteiger partial charge is 0.267 e. The number of carbonyl (C=O) groups is 1. The summed E-state index contributed by atoms with van der Waals surface area (Å²) in [7, 11) is 3.29. The monoisotopic (exact) mass is 570 g/mol. The lowest BCUT2D eigenvalue weighted by molar-refractivity contribution is -0.127. The van der Waals surface area contributed by atoms with Crippen LogP contribution in [0.1, 0.15) is 41.4 Å². The molecule has 4 aromatic heterocycles. The predicted octanol–water partition coefficient (Wildman–Crippen LogP) is 4.21. The summed E-state index contributed by atoms with van der Waals surface area (Å²) in [6.45, 7) is 2.35. The van der Waals surface area contributed by atoms with Crippen LogP contribution in [0.15, 0.2) is 48.8 Å². The summed E-state index contributed by atoms with van der Waals surface area (Å²) >= 11 is 0. The van der Waals surface area contributed by atoms with E-state index in [2.05, 4.69) is 30.6 Å². The number of imidazole rings is 1. The highest BCUT2D eigenvalue weighted by Crippen LogP contribution is 2.34. The number of pyridine rings is 1. The summed E-state index contributed by atoms with van der Waals surface area (Å²) in [5.74, 6) is 0.900. The fourth-order valence-electron chi connectivity index (χ4n) is 4.98. The lowest BCUT2D eigenvalue weighted by Gasteiger charge is -2.14. The number of nitrogens with one attached hydrogen (secondary N) is 1. The molecule has 212 valence electrons. The Morgan fingerprint density at radius 2 is 2.00 bits per heavy atom. The van der Waals surface area contributed by atoms with Gasteiger partial charge in [0, 0.05) is 25.4 Å². The van der Waals surface area contributed by atoms with E-state index in [4.69, 9.17) is 4.74 Å². The molecule has 42 heavy (non-hydrogen) atoms. The number of anilines is 2. The highest BCUT2D eigenvalue weighted by atomic mass is 19.3. The Labute approximate surface area is 238 Å². The molecule has 14 heteroatoms. The summed E-state index contributed by atoms with van der Waals surface area (Å²) < 4.78 is 36.3. The maximum atomic E-state index is 13.9. The average Bonchev–Trinajstić information content (AvgIpc) is 3.68. The van der Waals surface area contributed by atoms with E-state index in [-0.39, 0.29) is 28.9 Å². The van der Waals surface area contributed by atoms with Gasteiger partial charge in [0.15, 0.2) is 17.3 Å². The number of carbonyl (C=O) groups excluding carboxylic acids is 1. The number of nitriles is 1. The SMILES string of the molecule is COc1cc2c(cc1Nc1ccc(C3CCN(C)C3=O)nn1)ncn2-c1ccc(C(F)F)c(-n2nc(C#N)cc2C)n1. The Hall–Kier alpha value is -5.45. The summed E-state index contributed by atoms with van der Waals surface area (Å²) in [5.41, 5.74) is 2.65. The molecule has 1 N–H and O–H groups in total. The van der Waals surface area contributed by atoms with E-state index in [1.165, 1.54) is 36.3 Å². The third kappa shape index (κ3) is 4.64. The maximum absolute atomic E-state index is 13.9. The van der Waals surface area contributed by atoms with E-state index in [1.54, 1.807) is 47.7 Å². The van der Waals surface area contributed by atoms with Crippen LogP contribution < -0.4 is 10.1 Å². The van der Waals surface area contributed by atoms with Crippen molar-refractivity contribution in [1.29, 1.82) is 5.26 Å². The number of nitrogens with zero attached hydrogens (tertiary/aromatic N) is 9. The van der Waals surface area contributed by atoms with Crippen LogP contribution in [-0.4, -0.2) is 66.0 Å². The molecule has 0 saturated carbocycles. The molecular formula is C28H24F2N10O2. The molecule has 5 aromatic rings. The van der Waals surface area contributed by atoms with Gasteiger partial charge < -0.3 is 15.0 Å². The first kappa shape index (κ1) is 26.8. The minimum Gasteiger partial charge on any atom is -0.494 e. The molecule has 12 nitrogen and oxygen atoms in total. The van der Waals surface area contributed by atoms with Crippen LogP contribution in [0.4, 0.5) is 20.3 Å². The van der Waals surface area contributed by atoms with Gasteiger partial charge in [-0.25, -0.2) is 23.4 Å². The van der Waals surface area contributed by atoms with Crippen molar-refractivity contribution in [3.63, 3.8) is 0 Å². The molecule has 0 bridgehead atoms. The van der Waals surface area contributed by atoms with E-state index in [0.717, 1.165) is 0 Å². The molecule has 5 heterocycles. The van der Waals surface area contributed by atoms with Crippen molar-refractivity contribution < 1.29 is 18.3 Å². The van der Waals surface area contributed by atoms with Gasteiger partial charge >= 0.3 is 0 Å². The first-order chi connectivity index (χ1) is 20.3. The lowest BCUT2D eigenvalue weighted by Crippen LogP contribution is -2.22. The van der Waals surface area contributed by atoms with Crippen LogP contribution in [0, 0.1) is 18.3 Å². The summed E-state index contributed by atoms with van der Waals surface area (Å²) in [6.07, 6.45) is -0.572. The number of ether oxygens (including phenoxy) is 1. The van der Waals surface area contributed by atoms with Gasteiger partial charge in [-0.05, 0) is 49.7 Å². The second kappa shape index (κ2) is 10.5. The number of likely N-dealkylation sites (tertiary alicyclic amines) is 1. The molecule has 0 radical (unpaired) electrons. The van der Waals surface area contributed by atoms with Crippen molar-refractivity contribution >= 4 is 28.4 Å². The quantitative estimate of drug-likeness (QED) is 0.305. The first-order valence-electron chi connectivity index (χ1n) is 12.9. The van der Waals surface area contributed by atoms with Crippen LogP contribution in [0.25, 0.3) is 22.7 Å². The Balaban J connectivity index is 1.34. The number of amides is 1. The molecule has 1 amide bonds. The molecule has 1 unspecified atom stereocenters. The summed E-state index contributed by atoms with van der Waals surface area (Å²) in [4.78, 5) is 23.0. The second-order valence-electron chi connectivity index (χ2n) is 9.80. The molecule has 1 aliphatic heterocycles. The van der Waals surface area contributed by atoms with Gasteiger partial charge in [-0.2, -0.15) is 15.5 Å². The summed E-state index contributed by atoms with van der Waals surface area (Å²) in [6, 6.07) is 13.2. The molecular weight excluding hydrogens is 546 g/mol. The van der Waals surface area contributed by atoms with Gasteiger partial charge in [0.2, 0.25) is 5.91 Å². The minimum absolute atomic E-state index is 0.0323. The van der Waals surface area contributed by atoms with E-state index in [0.29, 0.717) is 58.5 Å². The van der Waals surface area contributed by atoms with Gasteiger partial charge in [0.25, 0.3) is 6.43 Å². The largest absolute Gasteiger partial charge is 0.494 e. The molecule has 0 spiro atoms. The van der Waals surface area contributed by atoms with Gasteiger partial charge in [0.1, 0.15) is 24.0 Å². The van der Waals surface area contributed by atoms with Crippen molar-refractivity contribution in [2.75, 3.05) is 26.0 Å². The summed E-state index contributed by atoms with van der Waals surface area (Å²) in [5, 5.41) is 25.0. The number of fused-ring (bicyclic) bond motifs is 1. The standard InChI is InChI=1S/C28H24F2N10O2/c1-15-10-16(13-31)37-40(15)27-18(26(29)30)4-7-25(34-27)39-14-32-20-11-21(23(42-3)12-22(20)39)33-24-6-5-19(35-36-24)17-8-9-38(2)28(17)41/h4-7,10-12,14,17,26H,8-9H2,1-3H3,(H,33,36). The first-order valence-corrected chi connectivity index (χ1v) is 12.9. The Bertz CT molecular complexity index is 1860. The van der Waals surface area contributed by atoms with Crippen molar-refractivity contribution in [2.45, 2.75) is 25.7 Å². The number of hydrogen-bond acceptors (Lipinski definition) is 9. The number of methoxy groups -OCH3 is 1. The van der Waals surface area contributed by atoms with Gasteiger partial charge in [-0.1, -0.05) is 0 Å². The third-order valence-corrected chi connectivity index (χ3v) is 7.18. The number of aromatic nitrogens is 7. The number of alkyl halides is 2. The second-order valence-corrected chi connectivity index (χ2v) is 9.80. The van der Waals surface area contributed by atoms with E-state index in [9.17, 15) is 18.8 Å². The molecule has 0 aliphatic carbocycles. The van der Waals surface area contributed by atoms with Crippen LogP contribution in [0.5, 0.6) is 5.75 Å². The number of halogens is 2. The van der Waals surface area contributed by atoms with Crippen molar-refractivity contribution in [1.82, 2.24) is 39.4 Å².